The molecule has 0 spiro atoms. The molecule has 1 heterocycles. The molecule has 1 aromatic rings. The van der Waals surface area contributed by atoms with Crippen molar-refractivity contribution in [2.45, 2.75) is 4.90 Å². The van der Waals surface area contributed by atoms with Gasteiger partial charge in [0.25, 0.3) is 10.0 Å². The molecule has 61 valence electrons. The van der Waals surface area contributed by atoms with Crippen LogP contribution in [0.2, 0.25) is 8.67 Å². The Hall–Kier alpha value is 0.190. The minimum absolute atomic E-state index is 0.0324. The van der Waals surface area contributed by atoms with Crippen LogP contribution in [0.5, 0.6) is 0 Å². The van der Waals surface area contributed by atoms with E-state index in [1.54, 1.807) is 0 Å². The molecule has 1 rings (SSSR count). The largest absolute Gasteiger partial charge is 0.256 e. The zero-order chi connectivity index (χ0) is 8.65. The molecular formula is C4H2Cl2NO2S2. The quantitative estimate of drug-likeness (QED) is 0.742. The Morgan fingerprint density at radius 3 is 2.18 bits per heavy atom. The summed E-state index contributed by atoms with van der Waals surface area (Å²) in [4.78, 5) is -0.228. The van der Waals surface area contributed by atoms with Crippen LogP contribution < -0.4 is 5.14 Å². The Bertz CT molecular complexity index is 369. The van der Waals surface area contributed by atoms with E-state index in [-0.39, 0.29) is 13.6 Å². The average molecular weight is 231 g/mol. The van der Waals surface area contributed by atoms with Gasteiger partial charge in [-0.25, -0.2) is 8.42 Å². The Morgan fingerprint density at radius 2 is 2.00 bits per heavy atom. The minimum atomic E-state index is -3.97. The van der Waals surface area contributed by atoms with Crippen LogP contribution in [0.4, 0.5) is 0 Å². The monoisotopic (exact) mass is 230 g/mol. The van der Waals surface area contributed by atoms with Crippen LogP contribution in [0, 0.1) is 0 Å². The third kappa shape index (κ3) is 2.07. The van der Waals surface area contributed by atoms with Crippen LogP contribution in [0.3, 0.4) is 0 Å². The number of thiophene rings is 1. The number of nitrogens with one attached hydrogen (secondary N) is 1. The van der Waals surface area contributed by atoms with Crippen molar-refractivity contribution < 1.29 is 8.42 Å². The Labute approximate surface area is 77.8 Å². The molecular weight excluding hydrogens is 229 g/mol. The first-order valence-electron chi connectivity index (χ1n) is 2.36. The normalized spacial score (nSPS) is 11.9. The Kier molecular flexibility index (Phi) is 2.46. The molecule has 11 heavy (non-hydrogen) atoms. The summed E-state index contributed by atoms with van der Waals surface area (Å²) < 4.78 is 21.5. The van der Waals surface area contributed by atoms with Gasteiger partial charge in [0.15, 0.2) is 0 Å². The van der Waals surface area contributed by atoms with Crippen molar-refractivity contribution in [3.63, 3.8) is 0 Å². The van der Waals surface area contributed by atoms with E-state index in [0.717, 1.165) is 17.4 Å². The summed E-state index contributed by atoms with van der Waals surface area (Å²) in [6.07, 6.45) is 0. The highest BCUT2D eigenvalue weighted by atomic mass is 35.5. The van der Waals surface area contributed by atoms with Crippen LogP contribution in [-0.2, 0) is 10.0 Å². The van der Waals surface area contributed by atoms with Gasteiger partial charge in [-0.15, -0.1) is 16.5 Å². The zero-order valence-electron chi connectivity index (χ0n) is 4.97. The highest BCUT2D eigenvalue weighted by molar-refractivity contribution is 7.89. The highest BCUT2D eigenvalue weighted by Gasteiger charge is 2.16. The van der Waals surface area contributed by atoms with Crippen molar-refractivity contribution in [1.29, 1.82) is 0 Å². The van der Waals surface area contributed by atoms with Gasteiger partial charge >= 0.3 is 0 Å². The van der Waals surface area contributed by atoms with Crippen molar-refractivity contribution in [2.24, 2.45) is 0 Å². The molecule has 0 bridgehead atoms. The first-order chi connectivity index (χ1) is 4.91. The molecule has 0 aliphatic heterocycles. The number of sulfonamides is 1. The van der Waals surface area contributed by atoms with Crippen molar-refractivity contribution in [1.82, 2.24) is 5.14 Å². The standard InChI is InChI=1S/C4H2Cl2NO2S2/c5-3-1-2(4(6)10-3)11(7,8)9/h1,7H. The van der Waals surface area contributed by atoms with Crippen LogP contribution in [0.25, 0.3) is 0 Å². The summed E-state index contributed by atoms with van der Waals surface area (Å²) >= 11 is 11.9. The van der Waals surface area contributed by atoms with Gasteiger partial charge in [-0.1, -0.05) is 23.2 Å². The third-order valence-corrected chi connectivity index (χ3v) is 3.54. The van der Waals surface area contributed by atoms with Gasteiger partial charge in [-0.3, -0.25) is 0 Å². The van der Waals surface area contributed by atoms with Gasteiger partial charge < -0.3 is 0 Å². The van der Waals surface area contributed by atoms with E-state index in [1.807, 2.05) is 0 Å². The van der Waals surface area contributed by atoms with Crippen LogP contribution in [0.15, 0.2) is 11.0 Å². The summed E-state index contributed by atoms with van der Waals surface area (Å²) in [7, 11) is -3.97. The number of rotatable bonds is 1. The molecule has 1 radical (unpaired) electrons. The molecule has 7 heteroatoms. The molecule has 0 saturated carbocycles. The summed E-state index contributed by atoms with van der Waals surface area (Å²) in [5.74, 6) is 0. The molecule has 0 fully saturated rings. The maximum Gasteiger partial charge on any atom is 0.256 e. The second kappa shape index (κ2) is 2.91. The molecule has 0 aliphatic carbocycles. The van der Waals surface area contributed by atoms with E-state index < -0.39 is 10.0 Å². The van der Waals surface area contributed by atoms with E-state index in [9.17, 15) is 8.42 Å². The lowest BCUT2D eigenvalue weighted by Gasteiger charge is -1.89. The van der Waals surface area contributed by atoms with E-state index in [0.29, 0.717) is 0 Å². The highest BCUT2D eigenvalue weighted by Crippen LogP contribution is 2.33. The number of halogens is 2. The molecule has 0 unspecified atom stereocenters. The lowest BCUT2D eigenvalue weighted by atomic mass is 10.7. The van der Waals surface area contributed by atoms with Gasteiger partial charge in [0, 0.05) is 0 Å². The van der Waals surface area contributed by atoms with Crippen molar-refractivity contribution in [3.8, 4) is 0 Å². The molecule has 1 aromatic heterocycles. The fraction of sp³-hybridized carbons (Fsp3) is 0. The smallest absolute Gasteiger partial charge is 0.206 e. The van der Waals surface area contributed by atoms with Gasteiger partial charge in [0.1, 0.15) is 9.23 Å². The zero-order valence-corrected chi connectivity index (χ0v) is 8.11. The fourth-order valence-corrected chi connectivity index (χ4v) is 3.16. The van der Waals surface area contributed by atoms with Crippen LogP contribution in [0.1, 0.15) is 0 Å². The maximum absolute atomic E-state index is 10.6. The lowest BCUT2D eigenvalue weighted by Crippen LogP contribution is -1.98. The second-order valence-electron chi connectivity index (χ2n) is 1.69. The van der Waals surface area contributed by atoms with E-state index in [4.69, 9.17) is 28.3 Å². The van der Waals surface area contributed by atoms with Gasteiger partial charge in [0.05, 0.1) is 4.34 Å². The molecule has 0 aliphatic rings. The second-order valence-corrected chi connectivity index (χ2v) is 5.42. The SMILES string of the molecule is [NH]S(=O)(=O)c1cc(Cl)sc1Cl. The topological polar surface area (TPSA) is 57.9 Å². The average Bonchev–Trinajstić information content (AvgIpc) is 2.08. The van der Waals surface area contributed by atoms with Crippen LogP contribution >= 0.6 is 34.5 Å². The van der Waals surface area contributed by atoms with Crippen molar-refractivity contribution >= 4 is 44.6 Å². The minimum Gasteiger partial charge on any atom is -0.206 e. The summed E-state index contributed by atoms with van der Waals surface area (Å²) in [5, 5.41) is 6.66. The van der Waals surface area contributed by atoms with E-state index >= 15 is 0 Å². The first-order valence-corrected chi connectivity index (χ1v) is 5.41. The lowest BCUT2D eigenvalue weighted by molar-refractivity contribution is 0.596. The first kappa shape index (κ1) is 9.28. The van der Waals surface area contributed by atoms with Crippen molar-refractivity contribution in [2.75, 3.05) is 0 Å². The number of hydrogen-bond donors (Lipinski definition) is 0. The molecule has 1 N–H and O–H groups in total. The van der Waals surface area contributed by atoms with Gasteiger partial charge in [-0.05, 0) is 6.07 Å². The fourth-order valence-electron chi connectivity index (χ4n) is 0.508. The van der Waals surface area contributed by atoms with Gasteiger partial charge in [0.2, 0.25) is 0 Å². The predicted molar refractivity (Wildman–Crippen MR) is 44.6 cm³/mol. The summed E-state index contributed by atoms with van der Waals surface area (Å²) in [5.41, 5.74) is 0. The van der Waals surface area contributed by atoms with E-state index in [1.165, 1.54) is 0 Å². The van der Waals surface area contributed by atoms with E-state index in [2.05, 4.69) is 0 Å². The Balaban J connectivity index is 3.36. The van der Waals surface area contributed by atoms with Gasteiger partial charge in [-0.2, -0.15) is 0 Å². The molecule has 0 atom stereocenters. The Morgan fingerprint density at radius 1 is 1.45 bits per heavy atom. The molecule has 3 nitrogen and oxygen atoms in total. The summed E-state index contributed by atoms with van der Waals surface area (Å²) in [6.45, 7) is 0. The maximum atomic E-state index is 10.6. The molecule has 0 amide bonds. The summed E-state index contributed by atoms with van der Waals surface area (Å²) in [6, 6.07) is 1.16. The van der Waals surface area contributed by atoms with Crippen LogP contribution in [-0.4, -0.2) is 8.42 Å². The predicted octanol–water partition coefficient (Wildman–Crippen LogP) is 2.03. The molecule has 0 aromatic carbocycles. The number of hydrogen-bond acceptors (Lipinski definition) is 3. The third-order valence-electron chi connectivity index (χ3n) is 0.915. The molecule has 0 saturated heterocycles. The van der Waals surface area contributed by atoms with Crippen molar-refractivity contribution in [3.05, 3.63) is 14.7 Å².